The van der Waals surface area contributed by atoms with Gasteiger partial charge in [-0.2, -0.15) is 10.1 Å². The summed E-state index contributed by atoms with van der Waals surface area (Å²) in [7, 11) is 1.91. The van der Waals surface area contributed by atoms with Gasteiger partial charge in [0.2, 0.25) is 5.95 Å². The molecule has 168 valence electrons. The fraction of sp³-hybridized carbons (Fsp3) is 0.375. The molecule has 1 spiro atoms. The normalized spacial score (nSPS) is 18.4. The van der Waals surface area contributed by atoms with Crippen molar-refractivity contribution in [3.63, 3.8) is 0 Å². The Labute approximate surface area is 195 Å². The lowest BCUT2D eigenvalue weighted by molar-refractivity contribution is 0.295. The molecule has 0 saturated carbocycles. The summed E-state index contributed by atoms with van der Waals surface area (Å²) in [6.07, 6.45) is 12.7. The molecule has 8 nitrogen and oxygen atoms in total. The number of hydrogen-bond donors (Lipinski definition) is 2. The first kappa shape index (κ1) is 19.4. The number of aryl methyl sites for hydroxylation is 1. The van der Waals surface area contributed by atoms with E-state index in [9.17, 15) is 0 Å². The second kappa shape index (κ2) is 6.95. The number of imidazole rings is 1. The van der Waals surface area contributed by atoms with Crippen LogP contribution in [0.2, 0.25) is 5.02 Å². The molecule has 2 aliphatic heterocycles. The third-order valence-electron chi connectivity index (χ3n) is 7.51. The van der Waals surface area contributed by atoms with E-state index >= 15 is 0 Å². The van der Waals surface area contributed by atoms with Crippen molar-refractivity contribution in [2.45, 2.75) is 31.2 Å². The van der Waals surface area contributed by atoms with Crippen LogP contribution in [-0.2, 0) is 7.05 Å². The SMILES string of the molecule is Cn1cc2c(Cl)c(-c3c[nH]c4nc(N5CCC6(CCCN6)CC5)n5ccnc5c34)ccc2n1. The number of aromatic nitrogens is 6. The Morgan fingerprint density at radius 3 is 2.82 bits per heavy atom. The molecule has 6 heterocycles. The molecular weight excluding hydrogens is 436 g/mol. The second-order valence-corrected chi connectivity index (χ2v) is 9.80. The van der Waals surface area contributed by atoms with Crippen molar-refractivity contribution in [3.8, 4) is 11.1 Å². The highest BCUT2D eigenvalue weighted by molar-refractivity contribution is 6.38. The van der Waals surface area contributed by atoms with Crippen LogP contribution in [0, 0.1) is 0 Å². The average molecular weight is 461 g/mol. The summed E-state index contributed by atoms with van der Waals surface area (Å²) < 4.78 is 3.91. The van der Waals surface area contributed by atoms with Crippen molar-refractivity contribution in [2.24, 2.45) is 7.05 Å². The Morgan fingerprint density at radius 2 is 2.00 bits per heavy atom. The van der Waals surface area contributed by atoms with Gasteiger partial charge in [-0.1, -0.05) is 17.7 Å². The smallest absolute Gasteiger partial charge is 0.213 e. The van der Waals surface area contributed by atoms with Gasteiger partial charge in [0.05, 0.1) is 15.9 Å². The minimum atomic E-state index is 0.329. The zero-order valence-electron chi connectivity index (χ0n) is 18.5. The van der Waals surface area contributed by atoms with Crippen LogP contribution < -0.4 is 10.2 Å². The monoisotopic (exact) mass is 460 g/mol. The van der Waals surface area contributed by atoms with Crippen molar-refractivity contribution in [2.75, 3.05) is 24.5 Å². The summed E-state index contributed by atoms with van der Waals surface area (Å²) in [5.74, 6) is 0.949. The quantitative estimate of drug-likeness (QED) is 0.414. The molecule has 0 amide bonds. The van der Waals surface area contributed by atoms with Gasteiger partial charge < -0.3 is 15.2 Å². The van der Waals surface area contributed by atoms with Crippen molar-refractivity contribution in [3.05, 3.63) is 41.9 Å². The van der Waals surface area contributed by atoms with Gasteiger partial charge in [0.1, 0.15) is 5.65 Å². The van der Waals surface area contributed by atoms with E-state index in [0.29, 0.717) is 10.6 Å². The van der Waals surface area contributed by atoms with Crippen LogP contribution in [0.5, 0.6) is 0 Å². The molecule has 0 atom stereocenters. The molecule has 0 bridgehead atoms. The maximum Gasteiger partial charge on any atom is 0.213 e. The lowest BCUT2D eigenvalue weighted by Crippen LogP contribution is -2.50. The number of fused-ring (bicyclic) bond motifs is 4. The Morgan fingerprint density at radius 1 is 1.12 bits per heavy atom. The Bertz CT molecular complexity index is 1510. The van der Waals surface area contributed by atoms with E-state index in [4.69, 9.17) is 21.6 Å². The third-order valence-corrected chi connectivity index (χ3v) is 7.92. The van der Waals surface area contributed by atoms with Gasteiger partial charge >= 0.3 is 0 Å². The predicted octanol–water partition coefficient (Wildman–Crippen LogP) is 4.14. The van der Waals surface area contributed by atoms with Crippen molar-refractivity contribution in [1.82, 2.24) is 34.4 Å². The zero-order valence-corrected chi connectivity index (χ0v) is 19.2. The van der Waals surface area contributed by atoms with Crippen LogP contribution in [0.1, 0.15) is 25.7 Å². The maximum absolute atomic E-state index is 6.86. The van der Waals surface area contributed by atoms with Crippen LogP contribution >= 0.6 is 11.6 Å². The molecule has 0 unspecified atom stereocenters. The molecule has 7 rings (SSSR count). The lowest BCUT2D eigenvalue weighted by atomic mass is 9.86. The first-order chi connectivity index (χ1) is 16.1. The lowest BCUT2D eigenvalue weighted by Gasteiger charge is -2.40. The molecule has 2 N–H and O–H groups in total. The zero-order chi connectivity index (χ0) is 22.2. The second-order valence-electron chi connectivity index (χ2n) is 9.42. The molecule has 2 fully saturated rings. The molecule has 5 aromatic rings. The van der Waals surface area contributed by atoms with E-state index < -0.39 is 0 Å². The molecule has 9 heteroatoms. The highest BCUT2D eigenvalue weighted by Gasteiger charge is 2.37. The number of H-pyrrole nitrogens is 1. The molecule has 0 radical (unpaired) electrons. The maximum atomic E-state index is 6.86. The number of piperidine rings is 1. The van der Waals surface area contributed by atoms with Crippen molar-refractivity contribution < 1.29 is 0 Å². The average Bonchev–Trinajstić information content (AvgIpc) is 3.60. The minimum Gasteiger partial charge on any atom is -0.345 e. The fourth-order valence-electron chi connectivity index (χ4n) is 5.78. The molecule has 4 aromatic heterocycles. The highest BCUT2D eigenvalue weighted by Crippen LogP contribution is 2.40. The van der Waals surface area contributed by atoms with E-state index in [-0.39, 0.29) is 0 Å². The molecule has 33 heavy (non-hydrogen) atoms. The summed E-state index contributed by atoms with van der Waals surface area (Å²) >= 11 is 6.86. The van der Waals surface area contributed by atoms with E-state index in [0.717, 1.165) is 77.1 Å². The Balaban J connectivity index is 1.34. The first-order valence-corrected chi connectivity index (χ1v) is 12.0. The summed E-state index contributed by atoms with van der Waals surface area (Å²) in [6, 6.07) is 4.05. The van der Waals surface area contributed by atoms with E-state index in [1.807, 2.05) is 44.0 Å². The number of benzene rings is 1. The first-order valence-electron chi connectivity index (χ1n) is 11.6. The summed E-state index contributed by atoms with van der Waals surface area (Å²) in [4.78, 5) is 15.6. The minimum absolute atomic E-state index is 0.329. The van der Waals surface area contributed by atoms with Gasteiger partial charge in [-0.25, -0.2) is 4.98 Å². The van der Waals surface area contributed by atoms with Gasteiger partial charge in [-0.15, -0.1) is 0 Å². The summed E-state index contributed by atoms with van der Waals surface area (Å²) in [6.45, 7) is 3.14. The largest absolute Gasteiger partial charge is 0.345 e. The van der Waals surface area contributed by atoms with Crippen molar-refractivity contribution >= 4 is 45.1 Å². The Kier molecular flexibility index (Phi) is 4.08. The number of rotatable bonds is 2. The molecular formula is C24H25ClN8. The van der Waals surface area contributed by atoms with Gasteiger partial charge in [-0.05, 0) is 38.3 Å². The number of aromatic amines is 1. The van der Waals surface area contributed by atoms with Crippen LogP contribution in [0.4, 0.5) is 5.95 Å². The third kappa shape index (κ3) is 2.83. The van der Waals surface area contributed by atoms with Crippen LogP contribution in [-0.4, -0.2) is 54.3 Å². The molecule has 2 saturated heterocycles. The van der Waals surface area contributed by atoms with Gasteiger partial charge in [0.15, 0.2) is 5.65 Å². The van der Waals surface area contributed by atoms with E-state index in [2.05, 4.69) is 24.7 Å². The van der Waals surface area contributed by atoms with Crippen molar-refractivity contribution in [1.29, 1.82) is 0 Å². The topological polar surface area (TPSA) is 79.1 Å². The molecule has 2 aliphatic rings. The van der Waals surface area contributed by atoms with E-state index in [1.165, 1.54) is 12.8 Å². The van der Waals surface area contributed by atoms with Gasteiger partial charge in [-0.3, -0.25) is 9.08 Å². The standard InChI is InChI=1S/C24H25ClN8/c1-31-14-17-18(30-31)4-3-15(20(17)25)16-13-27-21-19(16)22-26-9-12-33(22)23(29-21)32-10-6-24(7-11-32)5-2-8-28-24/h3-4,9,12-14,27-28H,2,5-8,10-11H2,1H3. The van der Waals surface area contributed by atoms with Gasteiger partial charge in [0.25, 0.3) is 0 Å². The Hall–Kier alpha value is -3.10. The highest BCUT2D eigenvalue weighted by atomic mass is 35.5. The number of halogens is 1. The number of anilines is 1. The summed E-state index contributed by atoms with van der Waals surface area (Å²) in [5.41, 5.74) is 4.90. The number of nitrogens with one attached hydrogen (secondary N) is 2. The van der Waals surface area contributed by atoms with Crippen LogP contribution in [0.15, 0.2) is 36.9 Å². The molecule has 0 aliphatic carbocycles. The number of hydrogen-bond acceptors (Lipinski definition) is 5. The van der Waals surface area contributed by atoms with Gasteiger partial charge in [0, 0.05) is 67.0 Å². The van der Waals surface area contributed by atoms with Crippen LogP contribution in [0.25, 0.3) is 38.7 Å². The molecule has 1 aromatic carbocycles. The van der Waals surface area contributed by atoms with Crippen LogP contribution in [0.3, 0.4) is 0 Å². The number of nitrogens with zero attached hydrogens (tertiary/aromatic N) is 6. The predicted molar refractivity (Wildman–Crippen MR) is 131 cm³/mol. The summed E-state index contributed by atoms with van der Waals surface area (Å²) in [5, 5.41) is 10.9. The van der Waals surface area contributed by atoms with E-state index in [1.54, 1.807) is 4.68 Å². The fourth-order valence-corrected chi connectivity index (χ4v) is 6.09.